The number of benzene rings is 3. The molecule has 2 atom stereocenters. The molecule has 3 rings (SSSR count). The van der Waals surface area contributed by atoms with Crippen LogP contribution in [0.3, 0.4) is 0 Å². The maximum absolute atomic E-state index is 13.2. The molecule has 3 aromatic rings. The third-order valence-electron chi connectivity index (χ3n) is 4.98. The Morgan fingerprint density at radius 3 is 1.90 bits per heavy atom. The van der Waals surface area contributed by atoms with E-state index in [4.69, 9.17) is 0 Å². The van der Waals surface area contributed by atoms with E-state index in [1.165, 1.54) is 0 Å². The largest absolute Gasteiger partial charge is 0.308 e. The van der Waals surface area contributed by atoms with Crippen molar-refractivity contribution in [1.82, 2.24) is 10.0 Å². The van der Waals surface area contributed by atoms with Gasteiger partial charge in [-0.25, -0.2) is 13.1 Å². The summed E-state index contributed by atoms with van der Waals surface area (Å²) in [7, 11) is -3.72. The highest BCUT2D eigenvalue weighted by Gasteiger charge is 2.29. The predicted molar refractivity (Wildman–Crippen MR) is 123 cm³/mol. The van der Waals surface area contributed by atoms with Gasteiger partial charge < -0.3 is 5.32 Å². The summed E-state index contributed by atoms with van der Waals surface area (Å²) in [5.74, 6) is 0. The third kappa shape index (κ3) is 5.66. The minimum absolute atomic E-state index is 0.242. The second-order valence-electron chi connectivity index (χ2n) is 7.24. The van der Waals surface area contributed by atoms with Crippen LogP contribution in [0, 0.1) is 6.92 Å². The molecule has 0 fully saturated rings. The van der Waals surface area contributed by atoms with Gasteiger partial charge in [0.15, 0.2) is 0 Å². The summed E-state index contributed by atoms with van der Waals surface area (Å²) >= 11 is 0. The first kappa shape index (κ1) is 22.0. The van der Waals surface area contributed by atoms with Crippen molar-refractivity contribution in [3.63, 3.8) is 0 Å². The molecule has 0 saturated heterocycles. The molecule has 0 spiro atoms. The van der Waals surface area contributed by atoms with Gasteiger partial charge in [0.05, 0.1) is 17.0 Å². The first-order chi connectivity index (χ1) is 14.5. The number of aryl methyl sites for hydroxylation is 1. The summed E-state index contributed by atoms with van der Waals surface area (Å²) in [5, 5.41) is 3.52. The summed E-state index contributed by atoms with van der Waals surface area (Å²) < 4.78 is 29.4. The van der Waals surface area contributed by atoms with Gasteiger partial charge in [0.2, 0.25) is 10.0 Å². The Morgan fingerprint density at radius 1 is 0.833 bits per heavy atom. The van der Waals surface area contributed by atoms with Crippen molar-refractivity contribution in [1.29, 1.82) is 0 Å². The van der Waals surface area contributed by atoms with Crippen LogP contribution in [0.15, 0.2) is 102 Å². The van der Waals surface area contributed by atoms with E-state index >= 15 is 0 Å². The van der Waals surface area contributed by atoms with E-state index < -0.39 is 16.1 Å². The van der Waals surface area contributed by atoms with E-state index in [-0.39, 0.29) is 10.9 Å². The number of hydrogen-bond donors (Lipinski definition) is 2. The second kappa shape index (κ2) is 10.3. The molecular weight excluding hydrogens is 392 g/mol. The summed E-state index contributed by atoms with van der Waals surface area (Å²) in [6, 6.07) is 25.8. The van der Waals surface area contributed by atoms with Crippen LogP contribution in [0.25, 0.3) is 0 Å². The molecule has 30 heavy (non-hydrogen) atoms. The molecule has 0 unspecified atom stereocenters. The van der Waals surface area contributed by atoms with E-state index in [2.05, 4.69) is 16.6 Å². The van der Waals surface area contributed by atoms with Crippen LogP contribution in [0.5, 0.6) is 0 Å². The van der Waals surface area contributed by atoms with Gasteiger partial charge in [-0.1, -0.05) is 84.4 Å². The molecule has 0 amide bonds. The summed E-state index contributed by atoms with van der Waals surface area (Å²) in [5.41, 5.74) is 2.93. The van der Waals surface area contributed by atoms with Gasteiger partial charge in [-0.05, 0) is 43.1 Å². The fraction of sp³-hybridized carbons (Fsp3) is 0.200. The zero-order valence-corrected chi connectivity index (χ0v) is 18.0. The standard InChI is InChI=1S/C25H28N2O2S/c1-3-4-19-26-24(21-11-7-5-8-12-21)25(22-13-9-6-10-14-22)27-30(28,29)23-17-15-20(2)16-18-23/h3,5-18,24-27H,1,4,19H2,2H3/t24-,25-/m1/s1. The van der Waals surface area contributed by atoms with Gasteiger partial charge in [-0.2, -0.15) is 0 Å². The van der Waals surface area contributed by atoms with Crippen molar-refractivity contribution in [2.24, 2.45) is 0 Å². The number of rotatable bonds is 10. The minimum Gasteiger partial charge on any atom is -0.308 e. The molecule has 0 radical (unpaired) electrons. The molecule has 0 aliphatic heterocycles. The fourth-order valence-electron chi connectivity index (χ4n) is 3.37. The number of sulfonamides is 1. The van der Waals surface area contributed by atoms with Crippen LogP contribution in [-0.4, -0.2) is 15.0 Å². The summed E-state index contributed by atoms with van der Waals surface area (Å²) in [6.07, 6.45) is 2.64. The van der Waals surface area contributed by atoms with Crippen molar-refractivity contribution in [2.45, 2.75) is 30.3 Å². The average Bonchev–Trinajstić information content (AvgIpc) is 2.77. The molecule has 0 aliphatic rings. The second-order valence-corrected chi connectivity index (χ2v) is 8.96. The lowest BCUT2D eigenvalue weighted by Gasteiger charge is -2.30. The van der Waals surface area contributed by atoms with Gasteiger partial charge in [0.1, 0.15) is 0 Å². The molecule has 0 saturated carbocycles. The Bertz CT molecular complexity index is 1030. The molecule has 156 valence electrons. The molecule has 0 bridgehead atoms. The van der Waals surface area contributed by atoms with Crippen LogP contribution in [0.1, 0.15) is 35.2 Å². The maximum Gasteiger partial charge on any atom is 0.241 e. The monoisotopic (exact) mass is 420 g/mol. The average molecular weight is 421 g/mol. The minimum atomic E-state index is -3.72. The van der Waals surface area contributed by atoms with Crippen molar-refractivity contribution < 1.29 is 8.42 Å². The first-order valence-electron chi connectivity index (χ1n) is 10.0. The van der Waals surface area contributed by atoms with Crippen molar-refractivity contribution in [2.75, 3.05) is 6.54 Å². The first-order valence-corrected chi connectivity index (χ1v) is 11.5. The van der Waals surface area contributed by atoms with Crippen LogP contribution in [-0.2, 0) is 10.0 Å². The van der Waals surface area contributed by atoms with Crippen molar-refractivity contribution in [3.05, 3.63) is 114 Å². The lowest BCUT2D eigenvalue weighted by molar-refractivity contribution is 0.426. The third-order valence-corrected chi connectivity index (χ3v) is 6.43. The summed E-state index contributed by atoms with van der Waals surface area (Å²) in [6.45, 7) is 6.42. The SMILES string of the molecule is C=CCCN[C@H](c1ccccc1)[C@H](NS(=O)(=O)c1ccc(C)cc1)c1ccccc1. The molecule has 2 N–H and O–H groups in total. The van der Waals surface area contributed by atoms with Gasteiger partial charge >= 0.3 is 0 Å². The van der Waals surface area contributed by atoms with Crippen molar-refractivity contribution >= 4 is 10.0 Å². The quantitative estimate of drug-likeness (QED) is 0.361. The lowest BCUT2D eigenvalue weighted by atomic mass is 9.94. The van der Waals surface area contributed by atoms with Gasteiger partial charge in [0, 0.05) is 0 Å². The fourth-order valence-corrected chi connectivity index (χ4v) is 4.61. The highest BCUT2D eigenvalue weighted by Crippen LogP contribution is 2.30. The summed E-state index contributed by atoms with van der Waals surface area (Å²) in [4.78, 5) is 0.256. The highest BCUT2D eigenvalue weighted by atomic mass is 32.2. The van der Waals surface area contributed by atoms with Gasteiger partial charge in [-0.3, -0.25) is 0 Å². The van der Waals surface area contributed by atoms with Crippen LogP contribution in [0.4, 0.5) is 0 Å². The normalized spacial score (nSPS) is 13.5. The Hall–Kier alpha value is -2.73. The Morgan fingerprint density at radius 2 is 1.37 bits per heavy atom. The zero-order chi connectivity index (χ0) is 21.4. The van der Waals surface area contributed by atoms with Crippen LogP contribution in [0.2, 0.25) is 0 Å². The molecular formula is C25H28N2O2S. The molecule has 0 aliphatic carbocycles. The molecule has 3 aromatic carbocycles. The van der Waals surface area contributed by atoms with Gasteiger partial charge in [0.25, 0.3) is 0 Å². The van der Waals surface area contributed by atoms with Crippen molar-refractivity contribution in [3.8, 4) is 0 Å². The van der Waals surface area contributed by atoms with E-state index in [9.17, 15) is 8.42 Å². The Labute approximate surface area is 179 Å². The zero-order valence-electron chi connectivity index (χ0n) is 17.2. The van der Waals surface area contributed by atoms with Crippen LogP contribution < -0.4 is 10.0 Å². The maximum atomic E-state index is 13.2. The van der Waals surface area contributed by atoms with E-state index in [1.54, 1.807) is 12.1 Å². The van der Waals surface area contributed by atoms with Crippen LogP contribution >= 0.6 is 0 Å². The molecule has 0 aromatic heterocycles. The molecule has 4 nitrogen and oxygen atoms in total. The number of hydrogen-bond acceptors (Lipinski definition) is 3. The van der Waals surface area contributed by atoms with E-state index in [0.29, 0.717) is 6.54 Å². The lowest BCUT2D eigenvalue weighted by Crippen LogP contribution is -2.38. The topological polar surface area (TPSA) is 58.2 Å². The van der Waals surface area contributed by atoms with E-state index in [0.717, 1.165) is 23.1 Å². The Kier molecular flexibility index (Phi) is 7.57. The van der Waals surface area contributed by atoms with Gasteiger partial charge in [-0.15, -0.1) is 6.58 Å². The number of nitrogens with one attached hydrogen (secondary N) is 2. The Balaban J connectivity index is 2.01. The predicted octanol–water partition coefficient (Wildman–Crippen LogP) is 4.92. The van der Waals surface area contributed by atoms with E-state index in [1.807, 2.05) is 85.8 Å². The molecule has 5 heteroatoms. The molecule has 0 heterocycles. The smallest absolute Gasteiger partial charge is 0.241 e. The highest BCUT2D eigenvalue weighted by molar-refractivity contribution is 7.89.